The molecular weight excluding hydrogens is 472 g/mol. The lowest BCUT2D eigenvalue weighted by Gasteiger charge is -2.31. The minimum atomic E-state index is -2.18. The second-order valence-corrected chi connectivity index (χ2v) is 8.53. The fourth-order valence-corrected chi connectivity index (χ4v) is 3.08. The minimum absolute atomic E-state index is 0.00596. The van der Waals surface area contributed by atoms with E-state index in [9.17, 15) is 19.5 Å². The summed E-state index contributed by atoms with van der Waals surface area (Å²) in [5, 5.41) is 10.8. The van der Waals surface area contributed by atoms with Crippen molar-refractivity contribution in [1.29, 1.82) is 0 Å². The molecule has 10 nitrogen and oxygen atoms in total. The molecule has 1 aliphatic heterocycles. The lowest BCUT2D eigenvalue weighted by molar-refractivity contribution is -0.192. The number of aliphatic hydroxyl groups is 1. The molecule has 0 aromatic heterocycles. The monoisotopic (exact) mass is 506 g/mol. The van der Waals surface area contributed by atoms with Crippen molar-refractivity contribution in [2.75, 3.05) is 13.9 Å². The number of benzene rings is 1. The van der Waals surface area contributed by atoms with Crippen molar-refractivity contribution in [2.45, 2.75) is 72.4 Å². The van der Waals surface area contributed by atoms with Gasteiger partial charge in [-0.25, -0.2) is 14.4 Å². The first-order valence-electron chi connectivity index (χ1n) is 11.5. The Hall–Kier alpha value is -3.53. The van der Waals surface area contributed by atoms with Gasteiger partial charge in [0.15, 0.2) is 23.2 Å². The largest absolute Gasteiger partial charge is 0.493 e. The van der Waals surface area contributed by atoms with Gasteiger partial charge < -0.3 is 33.5 Å². The standard InChI is InChI=1S/C26H34O10/c1-9-14(3)23(27)35-17(6)26(7,30)25(29)34-16(5)21(36-24(28)15(4)10-2)18-11-19(31-8)22-20(12-18)32-13-33-22/h9-12,16-17,21,30H,13H2,1-8H3/b14-9?,15-10-/t16-,17-,21-,26+/m0/s1. The van der Waals surface area contributed by atoms with Crippen molar-refractivity contribution in [3.05, 3.63) is 41.0 Å². The summed E-state index contributed by atoms with van der Waals surface area (Å²) in [5.41, 5.74) is -1.10. The number of methoxy groups -OCH3 is 1. The van der Waals surface area contributed by atoms with Crippen LogP contribution in [-0.4, -0.2) is 54.7 Å². The molecule has 0 aliphatic carbocycles. The molecule has 0 radical (unpaired) electrons. The minimum Gasteiger partial charge on any atom is -0.493 e. The molecule has 0 saturated heterocycles. The van der Waals surface area contributed by atoms with Crippen LogP contribution in [0.25, 0.3) is 0 Å². The van der Waals surface area contributed by atoms with Crippen LogP contribution in [0.2, 0.25) is 0 Å². The molecule has 4 atom stereocenters. The first kappa shape index (κ1) is 28.7. The van der Waals surface area contributed by atoms with E-state index < -0.39 is 41.8 Å². The fourth-order valence-electron chi connectivity index (χ4n) is 3.08. The molecule has 10 heteroatoms. The van der Waals surface area contributed by atoms with Crippen molar-refractivity contribution < 1.29 is 47.9 Å². The summed E-state index contributed by atoms with van der Waals surface area (Å²) in [4.78, 5) is 37.7. The average Bonchev–Trinajstić information content (AvgIpc) is 3.33. The molecule has 1 N–H and O–H groups in total. The molecule has 0 fully saturated rings. The number of ether oxygens (including phenoxy) is 6. The van der Waals surface area contributed by atoms with Gasteiger partial charge in [-0.1, -0.05) is 12.2 Å². The van der Waals surface area contributed by atoms with Gasteiger partial charge in [-0.05, 0) is 60.6 Å². The van der Waals surface area contributed by atoms with Gasteiger partial charge in [-0.3, -0.25) is 0 Å². The SMILES string of the molecule is CC=C(C)C(=O)O[C@@H](C)[C@@](C)(O)C(=O)O[C@@H](C)[C@H](OC(=O)/C(C)=C\C)c1cc(OC)c2c(c1)OCO2. The number of carbonyl (C=O) groups excluding carboxylic acids is 3. The van der Waals surface area contributed by atoms with Gasteiger partial charge in [0.05, 0.1) is 7.11 Å². The summed E-state index contributed by atoms with van der Waals surface area (Å²) in [6, 6.07) is 3.18. The third-order valence-electron chi connectivity index (χ3n) is 5.96. The summed E-state index contributed by atoms with van der Waals surface area (Å²) in [6.07, 6.45) is -0.252. The van der Waals surface area contributed by atoms with Gasteiger partial charge in [0.25, 0.3) is 0 Å². The number of carbonyl (C=O) groups is 3. The van der Waals surface area contributed by atoms with Gasteiger partial charge in [-0.2, -0.15) is 0 Å². The van der Waals surface area contributed by atoms with Crippen LogP contribution in [0.1, 0.15) is 60.1 Å². The van der Waals surface area contributed by atoms with Gasteiger partial charge in [-0.15, -0.1) is 0 Å². The maximum atomic E-state index is 13.0. The zero-order valence-electron chi connectivity index (χ0n) is 21.9. The molecule has 0 saturated carbocycles. The number of esters is 3. The highest BCUT2D eigenvalue weighted by Crippen LogP contribution is 2.44. The molecule has 0 unspecified atom stereocenters. The Morgan fingerprint density at radius 3 is 2.14 bits per heavy atom. The smallest absolute Gasteiger partial charge is 0.342 e. The van der Waals surface area contributed by atoms with E-state index in [-0.39, 0.29) is 6.79 Å². The molecule has 198 valence electrons. The molecular formula is C26H34O10. The third-order valence-corrected chi connectivity index (χ3v) is 5.96. The Labute approximate surface area is 210 Å². The topological polar surface area (TPSA) is 127 Å². The lowest BCUT2D eigenvalue weighted by Crippen LogP contribution is -2.49. The number of hydrogen-bond acceptors (Lipinski definition) is 10. The quantitative estimate of drug-likeness (QED) is 0.286. The molecule has 1 aromatic carbocycles. The van der Waals surface area contributed by atoms with Crippen molar-refractivity contribution in [2.24, 2.45) is 0 Å². The molecule has 1 heterocycles. The van der Waals surface area contributed by atoms with E-state index in [4.69, 9.17) is 28.4 Å². The molecule has 0 amide bonds. The molecule has 1 aromatic rings. The number of hydrogen-bond donors (Lipinski definition) is 1. The highest BCUT2D eigenvalue weighted by atomic mass is 16.7. The highest BCUT2D eigenvalue weighted by Gasteiger charge is 2.43. The second-order valence-electron chi connectivity index (χ2n) is 8.53. The predicted molar refractivity (Wildman–Crippen MR) is 129 cm³/mol. The van der Waals surface area contributed by atoms with Crippen LogP contribution in [0.3, 0.4) is 0 Å². The van der Waals surface area contributed by atoms with Crippen molar-refractivity contribution >= 4 is 17.9 Å². The van der Waals surface area contributed by atoms with E-state index in [2.05, 4.69) is 0 Å². The highest BCUT2D eigenvalue weighted by molar-refractivity contribution is 5.89. The first-order chi connectivity index (χ1) is 16.9. The van der Waals surface area contributed by atoms with E-state index in [0.29, 0.717) is 34.0 Å². The maximum Gasteiger partial charge on any atom is 0.342 e. The van der Waals surface area contributed by atoms with E-state index in [0.717, 1.165) is 0 Å². The van der Waals surface area contributed by atoms with Crippen LogP contribution in [0.4, 0.5) is 0 Å². The van der Waals surface area contributed by atoms with Gasteiger partial charge in [0.1, 0.15) is 12.2 Å². The zero-order chi connectivity index (χ0) is 27.2. The fraction of sp³-hybridized carbons (Fsp3) is 0.500. The number of allylic oxidation sites excluding steroid dienone is 2. The molecule has 1 aliphatic rings. The Balaban J connectivity index is 2.34. The van der Waals surface area contributed by atoms with Gasteiger partial charge in [0, 0.05) is 16.7 Å². The summed E-state index contributed by atoms with van der Waals surface area (Å²) < 4.78 is 32.7. The molecule has 2 rings (SSSR count). The van der Waals surface area contributed by atoms with Gasteiger partial charge in [0.2, 0.25) is 12.5 Å². The maximum absolute atomic E-state index is 13.0. The lowest BCUT2D eigenvalue weighted by atomic mass is 9.99. The van der Waals surface area contributed by atoms with E-state index in [1.165, 1.54) is 27.9 Å². The Morgan fingerprint density at radius 1 is 1.00 bits per heavy atom. The second kappa shape index (κ2) is 11.9. The van der Waals surface area contributed by atoms with E-state index >= 15 is 0 Å². The zero-order valence-corrected chi connectivity index (χ0v) is 21.9. The molecule has 36 heavy (non-hydrogen) atoms. The Kier molecular flexibility index (Phi) is 9.52. The normalized spacial score (nSPS) is 17.4. The summed E-state index contributed by atoms with van der Waals surface area (Å²) in [7, 11) is 1.45. The molecule has 0 spiro atoms. The van der Waals surface area contributed by atoms with Crippen LogP contribution in [0.5, 0.6) is 17.2 Å². The summed E-state index contributed by atoms with van der Waals surface area (Å²) in [5.74, 6) is -1.25. The third kappa shape index (κ3) is 6.37. The Morgan fingerprint density at radius 2 is 1.58 bits per heavy atom. The van der Waals surface area contributed by atoms with Crippen LogP contribution < -0.4 is 14.2 Å². The van der Waals surface area contributed by atoms with Crippen LogP contribution in [0, 0.1) is 0 Å². The summed E-state index contributed by atoms with van der Waals surface area (Å²) >= 11 is 0. The van der Waals surface area contributed by atoms with Crippen LogP contribution >= 0.6 is 0 Å². The molecule has 0 bridgehead atoms. The predicted octanol–water partition coefficient (Wildman–Crippen LogP) is 3.56. The average molecular weight is 507 g/mol. The number of rotatable bonds is 10. The Bertz CT molecular complexity index is 1050. The first-order valence-corrected chi connectivity index (χ1v) is 11.5. The summed E-state index contributed by atoms with van der Waals surface area (Å²) in [6.45, 7) is 10.6. The van der Waals surface area contributed by atoms with E-state index in [1.54, 1.807) is 52.0 Å². The van der Waals surface area contributed by atoms with Crippen molar-refractivity contribution in [3.8, 4) is 17.2 Å². The van der Waals surface area contributed by atoms with Crippen LogP contribution in [-0.2, 0) is 28.6 Å². The number of fused-ring (bicyclic) bond motifs is 1. The van der Waals surface area contributed by atoms with Crippen molar-refractivity contribution in [1.82, 2.24) is 0 Å². The van der Waals surface area contributed by atoms with Gasteiger partial charge >= 0.3 is 17.9 Å². The van der Waals surface area contributed by atoms with E-state index in [1.807, 2.05) is 0 Å². The van der Waals surface area contributed by atoms with Crippen molar-refractivity contribution in [3.63, 3.8) is 0 Å². The van der Waals surface area contributed by atoms with Crippen LogP contribution in [0.15, 0.2) is 35.4 Å².